The maximum Gasteiger partial charge on any atom is 1.00 e. The molecule has 0 saturated carbocycles. The van der Waals surface area contributed by atoms with E-state index in [1.807, 2.05) is 13.8 Å². The van der Waals surface area contributed by atoms with Crippen LogP contribution in [-0.2, 0) is 4.74 Å². The van der Waals surface area contributed by atoms with Crippen LogP contribution in [0.1, 0.15) is 15.3 Å². The van der Waals surface area contributed by atoms with Gasteiger partial charge in [0.1, 0.15) is 0 Å². The van der Waals surface area contributed by atoms with E-state index in [1.54, 1.807) is 0 Å². The Morgan fingerprint density at radius 3 is 1.36 bits per heavy atom. The third-order valence-corrected chi connectivity index (χ3v) is 0.408. The molecule has 7 heteroatoms. The Bertz CT molecular complexity index is 52.5. The van der Waals surface area contributed by atoms with Crippen molar-refractivity contribution >= 4 is 16.0 Å². The van der Waals surface area contributed by atoms with Gasteiger partial charge in [0.05, 0.1) is 0 Å². The molecule has 1 nitrogen and oxygen atoms in total. The van der Waals surface area contributed by atoms with Gasteiger partial charge in [-0.2, -0.15) is 0 Å². The van der Waals surface area contributed by atoms with Crippen molar-refractivity contribution in [2.75, 3.05) is 13.2 Å². The van der Waals surface area contributed by atoms with Crippen molar-refractivity contribution in [2.45, 2.75) is 13.8 Å². The van der Waals surface area contributed by atoms with Crippen molar-refractivity contribution in [3.63, 3.8) is 0 Å². The second-order valence-corrected chi connectivity index (χ2v) is 1.03. The van der Waals surface area contributed by atoms with Gasteiger partial charge in [0, 0.05) is 21.6 Å². The molecular formula is C4H11B2F3NaO. The molecule has 0 saturated heterocycles. The van der Waals surface area contributed by atoms with Crippen molar-refractivity contribution in [3.8, 4) is 0 Å². The molecule has 0 aromatic carbocycles. The van der Waals surface area contributed by atoms with E-state index in [0.717, 1.165) is 13.2 Å². The Morgan fingerprint density at radius 2 is 1.36 bits per heavy atom. The second-order valence-electron chi connectivity index (χ2n) is 1.03. The molecule has 0 aliphatic rings. The van der Waals surface area contributed by atoms with Gasteiger partial charge in [-0.15, -0.1) is 0 Å². The summed E-state index contributed by atoms with van der Waals surface area (Å²) in [4.78, 5) is 0. The first kappa shape index (κ1) is 22.6. The van der Waals surface area contributed by atoms with Gasteiger partial charge in [0.25, 0.3) is 0 Å². The van der Waals surface area contributed by atoms with Gasteiger partial charge < -0.3 is 6.16 Å². The van der Waals surface area contributed by atoms with Gasteiger partial charge in [0.2, 0.25) is 0 Å². The summed E-state index contributed by atoms with van der Waals surface area (Å²) < 4.78 is 33.8. The summed E-state index contributed by atoms with van der Waals surface area (Å²) in [5, 5.41) is 0. The summed E-state index contributed by atoms with van der Waals surface area (Å²) >= 11 is 0. The van der Waals surface area contributed by atoms with E-state index >= 15 is 0 Å². The Hall–Kier alpha value is 0.880. The molecule has 0 amide bonds. The van der Waals surface area contributed by atoms with Crippen LogP contribution in [0.25, 0.3) is 0 Å². The third kappa shape index (κ3) is 103. The molecule has 0 bridgehead atoms. The average Bonchev–Trinajstić information content (AvgIpc) is 1.66. The summed E-state index contributed by atoms with van der Waals surface area (Å²) in [6.07, 6.45) is 0. The van der Waals surface area contributed by atoms with Crippen molar-refractivity contribution < 1.29 is 48.7 Å². The minimum absolute atomic E-state index is 0. The SMILES string of the molecule is CCOCC.FB(F)F.[B].[H-].[Na+]. The van der Waals surface area contributed by atoms with E-state index in [9.17, 15) is 12.9 Å². The maximum atomic E-state index is 9.67. The van der Waals surface area contributed by atoms with E-state index in [4.69, 9.17) is 4.74 Å². The molecule has 0 fully saturated rings. The van der Waals surface area contributed by atoms with Crippen molar-refractivity contribution in [2.24, 2.45) is 0 Å². The number of hydrogen-bond acceptors (Lipinski definition) is 1. The molecule has 0 spiro atoms. The largest absolute Gasteiger partial charge is 1.00 e. The predicted octanol–water partition coefficient (Wildman–Crippen LogP) is -1.34. The first-order valence-electron chi connectivity index (χ1n) is 2.65. The van der Waals surface area contributed by atoms with Gasteiger partial charge in [-0.3, -0.25) is 12.9 Å². The number of hydrogen-bond donors (Lipinski definition) is 0. The zero-order valence-electron chi connectivity index (χ0n) is 8.11. The van der Waals surface area contributed by atoms with E-state index in [0.29, 0.717) is 0 Å². The summed E-state index contributed by atoms with van der Waals surface area (Å²) in [5.41, 5.74) is 0. The summed E-state index contributed by atoms with van der Waals surface area (Å²) in [7, 11) is -3.67. The zero-order valence-corrected chi connectivity index (χ0v) is 9.11. The topological polar surface area (TPSA) is 9.23 Å². The molecule has 0 N–H and O–H groups in total. The molecule has 61 valence electrons. The fraction of sp³-hybridized carbons (Fsp3) is 1.00. The number of rotatable bonds is 2. The molecule has 0 aliphatic carbocycles. The van der Waals surface area contributed by atoms with Crippen LogP contribution in [0.3, 0.4) is 0 Å². The van der Waals surface area contributed by atoms with Crippen LogP contribution in [0.5, 0.6) is 0 Å². The van der Waals surface area contributed by atoms with Gasteiger partial charge >= 0.3 is 37.1 Å². The molecule has 0 aliphatic heterocycles. The van der Waals surface area contributed by atoms with Crippen LogP contribution in [0, 0.1) is 0 Å². The number of ether oxygens (including phenoxy) is 1. The van der Waals surface area contributed by atoms with Crippen molar-refractivity contribution in [3.05, 3.63) is 0 Å². The Labute approximate surface area is 91.6 Å². The quantitative estimate of drug-likeness (QED) is 0.474. The first-order valence-corrected chi connectivity index (χ1v) is 2.65. The molecular weight excluding hydrogens is 166 g/mol. The Balaban J connectivity index is -0.0000000221. The fourth-order valence-electron chi connectivity index (χ4n) is 0.204. The smallest absolute Gasteiger partial charge is 1.00 e. The first-order chi connectivity index (χ1) is 4.15. The average molecular weight is 177 g/mol. The van der Waals surface area contributed by atoms with Gasteiger partial charge in [-0.25, -0.2) is 0 Å². The molecule has 0 rings (SSSR count). The van der Waals surface area contributed by atoms with E-state index in [2.05, 4.69) is 0 Å². The summed E-state index contributed by atoms with van der Waals surface area (Å²) in [6, 6.07) is 0. The zero-order chi connectivity index (χ0) is 7.70. The van der Waals surface area contributed by atoms with E-state index in [-0.39, 0.29) is 39.4 Å². The fourth-order valence-corrected chi connectivity index (χ4v) is 0.204. The molecule has 11 heavy (non-hydrogen) atoms. The third-order valence-electron chi connectivity index (χ3n) is 0.408. The molecule has 0 unspecified atom stereocenters. The normalized spacial score (nSPS) is 6.27. The minimum atomic E-state index is -3.67. The van der Waals surface area contributed by atoms with Gasteiger partial charge in [-0.1, -0.05) is 0 Å². The summed E-state index contributed by atoms with van der Waals surface area (Å²) in [5.74, 6) is 0. The number of halogens is 3. The predicted molar refractivity (Wildman–Crippen MR) is 38.1 cm³/mol. The van der Waals surface area contributed by atoms with E-state index < -0.39 is 7.54 Å². The molecule has 0 aromatic heterocycles. The van der Waals surface area contributed by atoms with Crippen LogP contribution < -0.4 is 29.6 Å². The summed E-state index contributed by atoms with van der Waals surface area (Å²) in [6.45, 7) is 5.67. The van der Waals surface area contributed by atoms with Crippen LogP contribution in [-0.4, -0.2) is 29.2 Å². The van der Waals surface area contributed by atoms with Crippen LogP contribution in [0.4, 0.5) is 12.9 Å². The van der Waals surface area contributed by atoms with Crippen LogP contribution in [0.2, 0.25) is 0 Å². The maximum absolute atomic E-state index is 9.67. The molecule has 3 radical (unpaired) electrons. The van der Waals surface area contributed by atoms with Crippen molar-refractivity contribution in [1.82, 2.24) is 0 Å². The molecule has 0 heterocycles. The monoisotopic (exact) mass is 177 g/mol. The van der Waals surface area contributed by atoms with Gasteiger partial charge in [0.15, 0.2) is 0 Å². The van der Waals surface area contributed by atoms with Crippen LogP contribution in [0.15, 0.2) is 0 Å². The van der Waals surface area contributed by atoms with E-state index in [1.165, 1.54) is 0 Å². The second kappa shape index (κ2) is 22.4. The van der Waals surface area contributed by atoms with Gasteiger partial charge in [-0.05, 0) is 13.8 Å². The molecule has 0 atom stereocenters. The Morgan fingerprint density at radius 1 is 1.18 bits per heavy atom. The molecule has 0 aromatic rings. The van der Waals surface area contributed by atoms with Crippen LogP contribution >= 0.6 is 0 Å². The Kier molecular flexibility index (Phi) is 46.2. The minimum Gasteiger partial charge on any atom is -1.00 e. The standard InChI is InChI=1S/C4H10O.BF3.B.Na.H/c1-3-5-4-2;2-1(3)4;;;/h3-4H2,1-2H3;;;;/q;;;+1;-1. The van der Waals surface area contributed by atoms with Crippen molar-refractivity contribution in [1.29, 1.82) is 0 Å².